The molecule has 88 valence electrons. The zero-order valence-corrected chi connectivity index (χ0v) is 10.1. The van der Waals surface area contributed by atoms with Crippen molar-refractivity contribution < 1.29 is 9.90 Å². The van der Waals surface area contributed by atoms with Crippen LogP contribution in [0.2, 0.25) is 0 Å². The third-order valence-corrected chi connectivity index (χ3v) is 2.70. The SMILES string of the molecule is CCN(CC)C(=O)C(O)c1ccc(C)cc1. The Morgan fingerprint density at radius 3 is 2.19 bits per heavy atom. The molecule has 1 unspecified atom stereocenters. The van der Waals surface area contributed by atoms with Gasteiger partial charge >= 0.3 is 0 Å². The van der Waals surface area contributed by atoms with E-state index in [1.54, 1.807) is 17.0 Å². The fraction of sp³-hybridized carbons (Fsp3) is 0.462. The van der Waals surface area contributed by atoms with Crippen LogP contribution < -0.4 is 0 Å². The van der Waals surface area contributed by atoms with Crippen LogP contribution in [0.4, 0.5) is 0 Å². The smallest absolute Gasteiger partial charge is 0.256 e. The summed E-state index contributed by atoms with van der Waals surface area (Å²) in [4.78, 5) is 13.5. The van der Waals surface area contributed by atoms with Gasteiger partial charge in [0.25, 0.3) is 5.91 Å². The number of hydrogen-bond donors (Lipinski definition) is 1. The molecule has 1 amide bonds. The van der Waals surface area contributed by atoms with Crippen molar-refractivity contribution in [2.24, 2.45) is 0 Å². The summed E-state index contributed by atoms with van der Waals surface area (Å²) in [5, 5.41) is 9.92. The van der Waals surface area contributed by atoms with Gasteiger partial charge in [-0.25, -0.2) is 0 Å². The summed E-state index contributed by atoms with van der Waals surface area (Å²) in [7, 11) is 0. The van der Waals surface area contributed by atoms with E-state index in [0.29, 0.717) is 18.7 Å². The Hall–Kier alpha value is -1.35. The minimum atomic E-state index is -1.04. The van der Waals surface area contributed by atoms with Crippen molar-refractivity contribution in [3.8, 4) is 0 Å². The highest BCUT2D eigenvalue weighted by Crippen LogP contribution is 2.16. The number of rotatable bonds is 4. The third-order valence-electron chi connectivity index (χ3n) is 2.70. The maximum atomic E-state index is 11.9. The van der Waals surface area contributed by atoms with Crippen molar-refractivity contribution in [1.29, 1.82) is 0 Å². The number of aliphatic hydroxyl groups is 1. The molecule has 0 bridgehead atoms. The Morgan fingerprint density at radius 1 is 1.25 bits per heavy atom. The van der Waals surface area contributed by atoms with E-state index in [4.69, 9.17) is 0 Å². The lowest BCUT2D eigenvalue weighted by atomic mass is 10.1. The van der Waals surface area contributed by atoms with E-state index < -0.39 is 6.10 Å². The second-order valence-corrected chi connectivity index (χ2v) is 3.82. The average molecular weight is 221 g/mol. The number of carbonyl (C=O) groups is 1. The Bertz CT molecular complexity index is 341. The number of carbonyl (C=O) groups excluding carboxylic acids is 1. The molecule has 0 radical (unpaired) electrons. The Labute approximate surface area is 96.7 Å². The predicted molar refractivity (Wildman–Crippen MR) is 64.1 cm³/mol. The van der Waals surface area contributed by atoms with Crippen LogP contribution in [0.1, 0.15) is 31.1 Å². The van der Waals surface area contributed by atoms with Gasteiger partial charge in [-0.15, -0.1) is 0 Å². The van der Waals surface area contributed by atoms with Crippen molar-refractivity contribution in [3.63, 3.8) is 0 Å². The molecule has 0 aromatic heterocycles. The van der Waals surface area contributed by atoms with Gasteiger partial charge in [-0.2, -0.15) is 0 Å². The fourth-order valence-corrected chi connectivity index (χ4v) is 1.60. The van der Waals surface area contributed by atoms with Gasteiger partial charge in [0.05, 0.1) is 0 Å². The highest BCUT2D eigenvalue weighted by molar-refractivity contribution is 5.82. The highest BCUT2D eigenvalue weighted by Gasteiger charge is 2.21. The lowest BCUT2D eigenvalue weighted by Gasteiger charge is -2.22. The normalized spacial score (nSPS) is 12.2. The Morgan fingerprint density at radius 2 is 1.75 bits per heavy atom. The first-order chi connectivity index (χ1) is 7.60. The summed E-state index contributed by atoms with van der Waals surface area (Å²) in [5.41, 5.74) is 1.77. The third kappa shape index (κ3) is 2.83. The molecule has 3 nitrogen and oxygen atoms in total. The van der Waals surface area contributed by atoms with Crippen molar-refractivity contribution >= 4 is 5.91 Å². The van der Waals surface area contributed by atoms with Crippen molar-refractivity contribution in [2.45, 2.75) is 26.9 Å². The number of aliphatic hydroxyl groups excluding tert-OH is 1. The van der Waals surface area contributed by atoms with Crippen molar-refractivity contribution in [2.75, 3.05) is 13.1 Å². The van der Waals surface area contributed by atoms with E-state index in [1.165, 1.54) is 0 Å². The van der Waals surface area contributed by atoms with Crippen LogP contribution in [-0.2, 0) is 4.79 Å². The van der Waals surface area contributed by atoms with Gasteiger partial charge in [0.2, 0.25) is 0 Å². The van der Waals surface area contributed by atoms with E-state index in [1.807, 2.05) is 32.9 Å². The number of aryl methyl sites for hydroxylation is 1. The molecule has 0 heterocycles. The van der Waals surface area contributed by atoms with Gasteiger partial charge in [-0.1, -0.05) is 29.8 Å². The second-order valence-electron chi connectivity index (χ2n) is 3.82. The summed E-state index contributed by atoms with van der Waals surface area (Å²) in [5.74, 6) is -0.228. The molecule has 0 saturated heterocycles. The summed E-state index contributed by atoms with van der Waals surface area (Å²) in [6, 6.07) is 7.38. The second kappa shape index (κ2) is 5.66. The molecular weight excluding hydrogens is 202 g/mol. The van der Waals surface area contributed by atoms with Crippen LogP contribution in [0.25, 0.3) is 0 Å². The molecular formula is C13H19NO2. The first-order valence-corrected chi connectivity index (χ1v) is 5.63. The molecule has 0 fully saturated rings. The number of hydrogen-bond acceptors (Lipinski definition) is 2. The van der Waals surface area contributed by atoms with Gasteiger partial charge in [0.1, 0.15) is 0 Å². The highest BCUT2D eigenvalue weighted by atomic mass is 16.3. The van der Waals surface area contributed by atoms with Crippen molar-refractivity contribution in [3.05, 3.63) is 35.4 Å². The average Bonchev–Trinajstić information content (AvgIpc) is 2.30. The van der Waals surface area contributed by atoms with E-state index >= 15 is 0 Å². The van der Waals surface area contributed by atoms with E-state index in [0.717, 1.165) is 5.56 Å². The molecule has 0 saturated carbocycles. The molecule has 16 heavy (non-hydrogen) atoms. The van der Waals surface area contributed by atoms with Gasteiger partial charge < -0.3 is 10.0 Å². The van der Waals surface area contributed by atoms with Gasteiger partial charge in [0.15, 0.2) is 6.10 Å². The van der Waals surface area contributed by atoms with E-state index in [9.17, 15) is 9.90 Å². The molecule has 1 N–H and O–H groups in total. The molecule has 0 spiro atoms. The molecule has 1 aromatic rings. The molecule has 0 aliphatic heterocycles. The quantitative estimate of drug-likeness (QED) is 0.843. The maximum Gasteiger partial charge on any atom is 0.256 e. The zero-order valence-electron chi connectivity index (χ0n) is 10.1. The molecule has 0 aliphatic carbocycles. The Kier molecular flexibility index (Phi) is 4.50. The molecule has 0 aliphatic rings. The monoisotopic (exact) mass is 221 g/mol. The maximum absolute atomic E-state index is 11.9. The van der Waals surface area contributed by atoms with Gasteiger partial charge in [0, 0.05) is 13.1 Å². The topological polar surface area (TPSA) is 40.5 Å². The first kappa shape index (κ1) is 12.7. The van der Waals surface area contributed by atoms with Crippen LogP contribution in [-0.4, -0.2) is 29.0 Å². The molecule has 1 atom stereocenters. The first-order valence-electron chi connectivity index (χ1n) is 5.63. The largest absolute Gasteiger partial charge is 0.378 e. The molecule has 3 heteroatoms. The van der Waals surface area contributed by atoms with Crippen LogP contribution in [0.3, 0.4) is 0 Å². The summed E-state index contributed by atoms with van der Waals surface area (Å²) >= 11 is 0. The van der Waals surface area contributed by atoms with Crippen LogP contribution in [0, 0.1) is 6.92 Å². The minimum Gasteiger partial charge on any atom is -0.378 e. The Balaban J connectivity index is 2.81. The summed E-state index contributed by atoms with van der Waals surface area (Å²) in [6.07, 6.45) is -1.04. The fourth-order valence-electron chi connectivity index (χ4n) is 1.60. The molecule has 1 aromatic carbocycles. The standard InChI is InChI=1S/C13H19NO2/c1-4-14(5-2)13(16)12(15)11-8-6-10(3)7-9-11/h6-9,12,15H,4-5H2,1-3H3. The van der Waals surface area contributed by atoms with Crippen molar-refractivity contribution in [1.82, 2.24) is 4.90 Å². The van der Waals surface area contributed by atoms with Crippen LogP contribution >= 0.6 is 0 Å². The number of benzene rings is 1. The van der Waals surface area contributed by atoms with Gasteiger partial charge in [-0.3, -0.25) is 4.79 Å². The summed E-state index contributed by atoms with van der Waals surface area (Å²) in [6.45, 7) is 7.03. The van der Waals surface area contributed by atoms with E-state index in [-0.39, 0.29) is 5.91 Å². The summed E-state index contributed by atoms with van der Waals surface area (Å²) < 4.78 is 0. The number of nitrogens with zero attached hydrogens (tertiary/aromatic N) is 1. The number of likely N-dealkylation sites (N-methyl/N-ethyl adjacent to an activating group) is 1. The minimum absolute atomic E-state index is 0.228. The van der Waals surface area contributed by atoms with Gasteiger partial charge in [-0.05, 0) is 26.3 Å². The lowest BCUT2D eigenvalue weighted by molar-refractivity contribution is -0.140. The number of amides is 1. The van der Waals surface area contributed by atoms with Crippen LogP contribution in [0.5, 0.6) is 0 Å². The zero-order chi connectivity index (χ0) is 12.1. The van der Waals surface area contributed by atoms with E-state index in [2.05, 4.69) is 0 Å². The lowest BCUT2D eigenvalue weighted by Crippen LogP contribution is -2.34. The molecule has 1 rings (SSSR count). The van der Waals surface area contributed by atoms with Crippen LogP contribution in [0.15, 0.2) is 24.3 Å². The predicted octanol–water partition coefficient (Wildman–Crippen LogP) is 1.90.